The number of carbonyl (C=O) groups is 2. The summed E-state index contributed by atoms with van der Waals surface area (Å²) < 4.78 is 10.0. The van der Waals surface area contributed by atoms with Gasteiger partial charge in [0.2, 0.25) is 5.91 Å². The highest BCUT2D eigenvalue weighted by Gasteiger charge is 2.07. The van der Waals surface area contributed by atoms with E-state index in [1.54, 1.807) is 31.4 Å². The zero-order valence-corrected chi connectivity index (χ0v) is 11.6. The summed E-state index contributed by atoms with van der Waals surface area (Å²) >= 11 is 0. The summed E-state index contributed by atoms with van der Waals surface area (Å²) in [7, 11) is 1.64. The van der Waals surface area contributed by atoms with Crippen molar-refractivity contribution >= 4 is 17.6 Å². The molecule has 0 spiro atoms. The Balaban J connectivity index is 2.41. The van der Waals surface area contributed by atoms with Gasteiger partial charge in [0.25, 0.3) is 0 Å². The molecule has 1 aromatic carbocycles. The summed E-state index contributed by atoms with van der Waals surface area (Å²) in [6.07, 6.45) is 2.81. The second-order valence-electron chi connectivity index (χ2n) is 4.11. The van der Waals surface area contributed by atoms with E-state index in [0.717, 1.165) is 12.8 Å². The summed E-state index contributed by atoms with van der Waals surface area (Å²) in [5, 5.41) is 2.60. The van der Waals surface area contributed by atoms with E-state index in [0.29, 0.717) is 24.5 Å². The molecule has 0 saturated heterocycles. The summed E-state index contributed by atoms with van der Waals surface area (Å²) in [4.78, 5) is 22.8. The predicted molar refractivity (Wildman–Crippen MR) is 76.7 cm³/mol. The standard InChI is InChI=1S/C15H19NO4/c1-3-14(17)16-13-8-6-12(7-9-13)15(18)20-11-5-4-10-19-2/h3,6-9H,1,4-5,10-11H2,2H3,(H,16,17). The lowest BCUT2D eigenvalue weighted by atomic mass is 10.2. The Kier molecular flexibility index (Phi) is 7.06. The fraction of sp³-hybridized carbons (Fsp3) is 0.333. The van der Waals surface area contributed by atoms with Gasteiger partial charge in [0.15, 0.2) is 0 Å². The van der Waals surface area contributed by atoms with Gasteiger partial charge in [0.05, 0.1) is 12.2 Å². The van der Waals surface area contributed by atoms with Gasteiger partial charge in [-0.1, -0.05) is 6.58 Å². The van der Waals surface area contributed by atoms with Crippen LogP contribution in [-0.4, -0.2) is 32.2 Å². The van der Waals surface area contributed by atoms with Crippen LogP contribution in [0.4, 0.5) is 5.69 Å². The highest BCUT2D eigenvalue weighted by molar-refractivity contribution is 5.99. The number of esters is 1. The molecular formula is C15H19NO4. The summed E-state index contributed by atoms with van der Waals surface area (Å²) in [6, 6.07) is 6.50. The summed E-state index contributed by atoms with van der Waals surface area (Å²) in [5.74, 6) is -0.664. The fourth-order valence-corrected chi connectivity index (χ4v) is 1.48. The maximum atomic E-state index is 11.7. The normalized spacial score (nSPS) is 9.85. The molecule has 1 amide bonds. The van der Waals surface area contributed by atoms with E-state index in [9.17, 15) is 9.59 Å². The van der Waals surface area contributed by atoms with E-state index in [1.165, 1.54) is 6.08 Å². The van der Waals surface area contributed by atoms with Gasteiger partial charge in [-0.2, -0.15) is 0 Å². The Labute approximate surface area is 118 Å². The van der Waals surface area contributed by atoms with Gasteiger partial charge in [-0.25, -0.2) is 4.79 Å². The Morgan fingerprint density at radius 3 is 2.45 bits per heavy atom. The van der Waals surface area contributed by atoms with E-state index in [1.807, 2.05) is 0 Å². The van der Waals surface area contributed by atoms with Gasteiger partial charge in [-0.15, -0.1) is 0 Å². The minimum atomic E-state index is -0.371. The van der Waals surface area contributed by atoms with Gasteiger partial charge in [-0.3, -0.25) is 4.79 Å². The molecule has 5 nitrogen and oxygen atoms in total. The topological polar surface area (TPSA) is 64.6 Å². The second kappa shape index (κ2) is 8.87. The number of unbranched alkanes of at least 4 members (excludes halogenated alkanes) is 1. The van der Waals surface area contributed by atoms with Crippen LogP contribution in [-0.2, 0) is 14.3 Å². The second-order valence-corrected chi connectivity index (χ2v) is 4.11. The number of nitrogens with one attached hydrogen (secondary N) is 1. The first-order valence-corrected chi connectivity index (χ1v) is 6.37. The average molecular weight is 277 g/mol. The van der Waals surface area contributed by atoms with E-state index >= 15 is 0 Å². The lowest BCUT2D eigenvalue weighted by Gasteiger charge is -2.06. The monoisotopic (exact) mass is 277 g/mol. The van der Waals surface area contributed by atoms with Gasteiger partial charge >= 0.3 is 5.97 Å². The number of rotatable bonds is 8. The van der Waals surface area contributed by atoms with Crippen molar-refractivity contribution < 1.29 is 19.1 Å². The number of benzene rings is 1. The molecule has 5 heteroatoms. The molecule has 0 aliphatic heterocycles. The van der Waals surface area contributed by atoms with Crippen LogP contribution in [0.5, 0.6) is 0 Å². The number of hydrogen-bond donors (Lipinski definition) is 1. The van der Waals surface area contributed by atoms with Crippen LogP contribution in [0.2, 0.25) is 0 Å². The van der Waals surface area contributed by atoms with E-state index in [2.05, 4.69) is 11.9 Å². The largest absolute Gasteiger partial charge is 0.462 e. The molecule has 0 heterocycles. The molecule has 1 aromatic rings. The van der Waals surface area contributed by atoms with Crippen molar-refractivity contribution in [3.8, 4) is 0 Å². The van der Waals surface area contributed by atoms with Crippen LogP contribution >= 0.6 is 0 Å². The molecule has 1 rings (SSSR count). The maximum absolute atomic E-state index is 11.7. The van der Waals surface area contributed by atoms with Crippen molar-refractivity contribution in [2.45, 2.75) is 12.8 Å². The molecule has 0 atom stereocenters. The van der Waals surface area contributed by atoms with Crippen molar-refractivity contribution in [3.05, 3.63) is 42.5 Å². The Hall–Kier alpha value is -2.14. The summed E-state index contributed by atoms with van der Waals surface area (Å²) in [6.45, 7) is 4.40. The van der Waals surface area contributed by atoms with Crippen molar-refractivity contribution in [3.63, 3.8) is 0 Å². The van der Waals surface area contributed by atoms with Crippen molar-refractivity contribution in [1.82, 2.24) is 0 Å². The Bertz CT molecular complexity index is 453. The van der Waals surface area contributed by atoms with Gasteiger partial charge in [0.1, 0.15) is 0 Å². The molecule has 1 N–H and O–H groups in total. The third-order valence-electron chi connectivity index (χ3n) is 2.55. The minimum Gasteiger partial charge on any atom is -0.462 e. The SMILES string of the molecule is C=CC(=O)Nc1ccc(C(=O)OCCCCOC)cc1. The van der Waals surface area contributed by atoms with Crippen LogP contribution < -0.4 is 5.32 Å². The molecule has 0 bridgehead atoms. The van der Waals surface area contributed by atoms with Gasteiger partial charge in [0, 0.05) is 19.4 Å². The van der Waals surface area contributed by atoms with Crippen molar-refractivity contribution in [2.75, 3.05) is 25.6 Å². The first kappa shape index (κ1) is 15.9. The number of carbonyl (C=O) groups excluding carboxylic acids is 2. The molecule has 0 aromatic heterocycles. The van der Waals surface area contributed by atoms with Crippen LogP contribution in [0.25, 0.3) is 0 Å². The van der Waals surface area contributed by atoms with Crippen molar-refractivity contribution in [1.29, 1.82) is 0 Å². The number of amides is 1. The molecule has 20 heavy (non-hydrogen) atoms. The number of anilines is 1. The van der Waals surface area contributed by atoms with Gasteiger partial charge in [-0.05, 0) is 43.2 Å². The Morgan fingerprint density at radius 1 is 1.20 bits per heavy atom. The van der Waals surface area contributed by atoms with E-state index in [-0.39, 0.29) is 11.9 Å². The lowest BCUT2D eigenvalue weighted by Crippen LogP contribution is -2.09. The molecule has 0 unspecified atom stereocenters. The highest BCUT2D eigenvalue weighted by atomic mass is 16.5. The number of methoxy groups -OCH3 is 1. The molecule has 108 valence electrons. The third kappa shape index (κ3) is 5.67. The third-order valence-corrected chi connectivity index (χ3v) is 2.55. The first-order valence-electron chi connectivity index (χ1n) is 6.37. The molecular weight excluding hydrogens is 258 g/mol. The quantitative estimate of drug-likeness (QED) is 0.450. The van der Waals surface area contributed by atoms with Crippen LogP contribution in [0, 0.1) is 0 Å². The number of hydrogen-bond acceptors (Lipinski definition) is 4. The van der Waals surface area contributed by atoms with E-state index < -0.39 is 0 Å². The molecule has 0 radical (unpaired) electrons. The zero-order valence-electron chi connectivity index (χ0n) is 11.6. The maximum Gasteiger partial charge on any atom is 0.338 e. The molecule has 0 aliphatic rings. The highest BCUT2D eigenvalue weighted by Crippen LogP contribution is 2.10. The molecule has 0 saturated carbocycles. The molecule has 0 fully saturated rings. The number of ether oxygens (including phenoxy) is 2. The van der Waals surface area contributed by atoms with Crippen LogP contribution in [0.15, 0.2) is 36.9 Å². The summed E-state index contributed by atoms with van der Waals surface area (Å²) in [5.41, 5.74) is 1.06. The van der Waals surface area contributed by atoms with Crippen LogP contribution in [0.1, 0.15) is 23.2 Å². The van der Waals surface area contributed by atoms with Crippen LogP contribution in [0.3, 0.4) is 0 Å². The van der Waals surface area contributed by atoms with E-state index in [4.69, 9.17) is 9.47 Å². The zero-order chi connectivity index (χ0) is 14.8. The predicted octanol–water partition coefficient (Wildman–Crippen LogP) is 2.39. The van der Waals surface area contributed by atoms with Gasteiger partial charge < -0.3 is 14.8 Å². The van der Waals surface area contributed by atoms with Crippen molar-refractivity contribution in [2.24, 2.45) is 0 Å². The lowest BCUT2D eigenvalue weighted by molar-refractivity contribution is -0.111. The molecule has 0 aliphatic carbocycles. The fourth-order valence-electron chi connectivity index (χ4n) is 1.48. The average Bonchev–Trinajstić information content (AvgIpc) is 2.47. The smallest absolute Gasteiger partial charge is 0.338 e. The first-order chi connectivity index (χ1) is 9.67. The minimum absolute atomic E-state index is 0.293. The Morgan fingerprint density at radius 2 is 1.85 bits per heavy atom.